The predicted octanol–water partition coefficient (Wildman–Crippen LogP) is 3.25. The first kappa shape index (κ1) is 21.2. The highest BCUT2D eigenvalue weighted by Crippen LogP contribution is 2.24. The molecular formula is C21H25N3O4S2. The van der Waals surface area contributed by atoms with E-state index in [-0.39, 0.29) is 4.90 Å². The Kier molecular flexibility index (Phi) is 6.62. The summed E-state index contributed by atoms with van der Waals surface area (Å²) in [5, 5.41) is 0.981. The van der Waals surface area contributed by atoms with Gasteiger partial charge >= 0.3 is 0 Å². The Hall–Kier alpha value is -2.07. The second kappa shape index (κ2) is 9.38. The van der Waals surface area contributed by atoms with Crippen molar-refractivity contribution in [3.8, 4) is 5.75 Å². The fourth-order valence-electron chi connectivity index (χ4n) is 3.41. The molecule has 3 aromatic rings. The largest absolute Gasteiger partial charge is 0.493 e. The molecule has 0 amide bonds. The van der Waals surface area contributed by atoms with E-state index < -0.39 is 10.0 Å². The summed E-state index contributed by atoms with van der Waals surface area (Å²) in [5.74, 6) is 1.40. The van der Waals surface area contributed by atoms with E-state index in [2.05, 4.69) is 17.6 Å². The lowest BCUT2D eigenvalue weighted by Gasteiger charge is -2.26. The van der Waals surface area contributed by atoms with E-state index in [4.69, 9.17) is 14.5 Å². The number of aryl methyl sites for hydroxylation is 1. The molecule has 1 saturated heterocycles. The maximum atomic E-state index is 12.7. The Balaban J connectivity index is 1.33. The molecule has 2 aromatic carbocycles. The van der Waals surface area contributed by atoms with Crippen LogP contribution in [0.3, 0.4) is 0 Å². The molecule has 0 bridgehead atoms. The first-order valence-electron chi connectivity index (χ1n) is 9.98. The molecule has 1 aliphatic rings. The van der Waals surface area contributed by atoms with Crippen LogP contribution < -0.4 is 4.74 Å². The zero-order chi connectivity index (χ0) is 21.0. The molecule has 160 valence electrons. The Labute approximate surface area is 181 Å². The van der Waals surface area contributed by atoms with Crippen LogP contribution in [-0.2, 0) is 21.3 Å². The minimum atomic E-state index is -3.48. The molecule has 1 fully saturated rings. The number of morpholine rings is 1. The number of rotatable bonds is 8. The van der Waals surface area contributed by atoms with Crippen LogP contribution in [0.5, 0.6) is 5.75 Å². The van der Waals surface area contributed by atoms with Crippen LogP contribution in [0.25, 0.3) is 11.0 Å². The number of hydrogen-bond donors (Lipinski definition) is 0. The van der Waals surface area contributed by atoms with E-state index in [0.29, 0.717) is 38.7 Å². The van der Waals surface area contributed by atoms with Crippen molar-refractivity contribution in [1.82, 2.24) is 13.9 Å². The molecule has 0 N–H and O–H groups in total. The van der Waals surface area contributed by atoms with Crippen LogP contribution in [-0.4, -0.2) is 60.9 Å². The highest BCUT2D eigenvalue weighted by atomic mass is 32.2. The van der Waals surface area contributed by atoms with E-state index >= 15 is 0 Å². The normalized spacial score (nSPS) is 15.5. The van der Waals surface area contributed by atoms with Gasteiger partial charge in [0.25, 0.3) is 0 Å². The van der Waals surface area contributed by atoms with E-state index in [0.717, 1.165) is 28.5 Å². The lowest BCUT2D eigenvalue weighted by atomic mass is 10.3. The van der Waals surface area contributed by atoms with Crippen LogP contribution in [0.4, 0.5) is 0 Å². The zero-order valence-corrected chi connectivity index (χ0v) is 18.5. The zero-order valence-electron chi connectivity index (χ0n) is 16.9. The molecule has 0 unspecified atom stereocenters. The van der Waals surface area contributed by atoms with Crippen molar-refractivity contribution in [1.29, 1.82) is 0 Å². The molecule has 30 heavy (non-hydrogen) atoms. The highest BCUT2D eigenvalue weighted by Gasteiger charge is 2.26. The van der Waals surface area contributed by atoms with Gasteiger partial charge in [0, 0.05) is 25.4 Å². The van der Waals surface area contributed by atoms with Crippen LogP contribution >= 0.6 is 11.8 Å². The molecule has 0 saturated carbocycles. The second-order valence-electron chi connectivity index (χ2n) is 6.81. The summed E-state index contributed by atoms with van der Waals surface area (Å²) >= 11 is 1.66. The molecular weight excluding hydrogens is 422 g/mol. The van der Waals surface area contributed by atoms with Gasteiger partial charge in [0.2, 0.25) is 10.0 Å². The maximum absolute atomic E-state index is 12.7. The molecule has 0 atom stereocenters. The lowest BCUT2D eigenvalue weighted by Crippen LogP contribution is -2.40. The van der Waals surface area contributed by atoms with E-state index in [1.807, 2.05) is 18.2 Å². The molecule has 1 aliphatic heterocycles. The van der Waals surface area contributed by atoms with Crippen LogP contribution in [0.15, 0.2) is 58.6 Å². The van der Waals surface area contributed by atoms with Crippen molar-refractivity contribution in [2.75, 3.05) is 38.7 Å². The van der Waals surface area contributed by atoms with Crippen molar-refractivity contribution in [2.24, 2.45) is 0 Å². The highest BCUT2D eigenvalue weighted by molar-refractivity contribution is 7.99. The average Bonchev–Trinajstić information content (AvgIpc) is 3.15. The van der Waals surface area contributed by atoms with Gasteiger partial charge in [-0.2, -0.15) is 4.31 Å². The number of benzene rings is 2. The maximum Gasteiger partial charge on any atom is 0.243 e. The van der Waals surface area contributed by atoms with Gasteiger partial charge in [0.1, 0.15) is 5.75 Å². The molecule has 7 nitrogen and oxygen atoms in total. The van der Waals surface area contributed by atoms with Crippen LogP contribution in [0, 0.1) is 0 Å². The fourth-order valence-corrected chi connectivity index (χ4v) is 5.71. The minimum Gasteiger partial charge on any atom is -0.493 e. The summed E-state index contributed by atoms with van der Waals surface area (Å²) in [5.41, 5.74) is 2.14. The number of hydrogen-bond acceptors (Lipinski definition) is 6. The van der Waals surface area contributed by atoms with Gasteiger partial charge in [-0.25, -0.2) is 13.4 Å². The Morgan fingerprint density at radius 2 is 1.83 bits per heavy atom. The number of fused-ring (bicyclic) bond motifs is 1. The minimum absolute atomic E-state index is 0.280. The molecule has 1 aromatic heterocycles. The van der Waals surface area contributed by atoms with E-state index in [1.54, 1.807) is 36.0 Å². The molecule has 0 spiro atoms. The number of aromatic nitrogens is 2. The summed E-state index contributed by atoms with van der Waals surface area (Å²) in [7, 11) is -3.48. The third-order valence-corrected chi connectivity index (χ3v) is 7.80. The van der Waals surface area contributed by atoms with E-state index in [9.17, 15) is 8.42 Å². The van der Waals surface area contributed by atoms with E-state index in [1.165, 1.54) is 4.31 Å². The Morgan fingerprint density at radius 1 is 1.10 bits per heavy atom. The topological polar surface area (TPSA) is 73.7 Å². The van der Waals surface area contributed by atoms with Crippen LogP contribution in [0.2, 0.25) is 0 Å². The number of ether oxygens (including phenoxy) is 2. The molecule has 2 heterocycles. The number of thioether (sulfide) groups is 1. The quantitative estimate of drug-likeness (QED) is 0.390. The monoisotopic (exact) mass is 447 g/mol. The van der Waals surface area contributed by atoms with Crippen molar-refractivity contribution >= 4 is 32.8 Å². The summed E-state index contributed by atoms with van der Waals surface area (Å²) in [6, 6.07) is 14.7. The predicted molar refractivity (Wildman–Crippen MR) is 118 cm³/mol. The second-order valence-corrected chi connectivity index (χ2v) is 9.81. The van der Waals surface area contributed by atoms with Gasteiger partial charge in [0.15, 0.2) is 5.16 Å². The van der Waals surface area contributed by atoms with Gasteiger partial charge in [0.05, 0.1) is 35.7 Å². The third kappa shape index (κ3) is 4.49. The first-order chi connectivity index (χ1) is 14.6. The SMILES string of the molecule is CCn1c(SCCOc2ccc(S(=O)(=O)N3CCOCC3)cc2)nc2ccccc21. The van der Waals surface area contributed by atoms with Gasteiger partial charge in [-0.05, 0) is 43.3 Å². The van der Waals surface area contributed by atoms with Crippen molar-refractivity contribution < 1.29 is 17.9 Å². The van der Waals surface area contributed by atoms with Crippen molar-refractivity contribution in [2.45, 2.75) is 23.5 Å². The number of imidazole rings is 1. The van der Waals surface area contributed by atoms with Gasteiger partial charge in [-0.3, -0.25) is 0 Å². The third-order valence-electron chi connectivity index (χ3n) is 4.95. The average molecular weight is 448 g/mol. The molecule has 0 aliphatic carbocycles. The molecule has 0 radical (unpaired) electrons. The summed E-state index contributed by atoms with van der Waals surface area (Å²) < 4.78 is 40.0. The standard InChI is InChI=1S/C21H25N3O4S2/c1-2-24-20-6-4-3-5-19(20)22-21(24)29-16-15-28-17-7-9-18(10-8-17)30(25,26)23-11-13-27-14-12-23/h3-10H,2,11-16H2,1H3. The fraction of sp³-hybridized carbons (Fsp3) is 0.381. The summed E-state index contributed by atoms with van der Waals surface area (Å²) in [6.45, 7) is 5.13. The summed E-state index contributed by atoms with van der Waals surface area (Å²) in [4.78, 5) is 4.98. The lowest BCUT2D eigenvalue weighted by molar-refractivity contribution is 0.0730. The van der Waals surface area contributed by atoms with Crippen molar-refractivity contribution in [3.63, 3.8) is 0 Å². The molecule has 9 heteroatoms. The first-order valence-corrected chi connectivity index (χ1v) is 12.4. The van der Waals surface area contributed by atoms with Crippen LogP contribution in [0.1, 0.15) is 6.92 Å². The smallest absolute Gasteiger partial charge is 0.243 e. The number of nitrogens with zero attached hydrogens (tertiary/aromatic N) is 3. The van der Waals surface area contributed by atoms with Gasteiger partial charge < -0.3 is 14.0 Å². The summed E-state index contributed by atoms with van der Waals surface area (Å²) in [6.07, 6.45) is 0. The van der Waals surface area contributed by atoms with Gasteiger partial charge in [-0.1, -0.05) is 23.9 Å². The van der Waals surface area contributed by atoms with Crippen molar-refractivity contribution in [3.05, 3.63) is 48.5 Å². The Morgan fingerprint density at radius 3 is 2.57 bits per heavy atom. The number of sulfonamides is 1. The number of para-hydroxylation sites is 2. The molecule has 4 rings (SSSR count). The van der Waals surface area contributed by atoms with Gasteiger partial charge in [-0.15, -0.1) is 0 Å². The Bertz CT molecular complexity index is 1090.